The Bertz CT molecular complexity index is 1100. The fourth-order valence-electron chi connectivity index (χ4n) is 4.73. The van der Waals surface area contributed by atoms with Crippen molar-refractivity contribution in [3.63, 3.8) is 0 Å². The molecule has 38 heavy (non-hydrogen) atoms. The highest BCUT2D eigenvalue weighted by Gasteiger charge is 2.30. The molecule has 8 heteroatoms. The highest BCUT2D eigenvalue weighted by molar-refractivity contribution is 5.63. The van der Waals surface area contributed by atoms with Crippen LogP contribution in [0.3, 0.4) is 0 Å². The number of carboxylic acid groups (broad SMARTS) is 1. The summed E-state index contributed by atoms with van der Waals surface area (Å²) in [7, 11) is 4.93. The van der Waals surface area contributed by atoms with Crippen molar-refractivity contribution in [1.29, 1.82) is 0 Å². The summed E-state index contributed by atoms with van der Waals surface area (Å²) in [4.78, 5) is 11.5. The van der Waals surface area contributed by atoms with E-state index in [1.165, 1.54) is 11.1 Å². The lowest BCUT2D eigenvalue weighted by Gasteiger charge is -2.37. The van der Waals surface area contributed by atoms with E-state index in [1.54, 1.807) is 21.3 Å². The third-order valence-corrected chi connectivity index (χ3v) is 6.43. The Kier molecular flexibility index (Phi) is 10.9. The van der Waals surface area contributed by atoms with Crippen LogP contribution in [0.4, 0.5) is 0 Å². The molecule has 1 atom stereocenters. The Morgan fingerprint density at radius 1 is 1.00 bits per heavy atom. The van der Waals surface area contributed by atoms with Gasteiger partial charge in [0.1, 0.15) is 12.4 Å². The molecule has 0 aromatic heterocycles. The van der Waals surface area contributed by atoms with Crippen LogP contribution in [0.15, 0.2) is 65.6 Å². The molecule has 4 rings (SSSR count). The van der Waals surface area contributed by atoms with Crippen molar-refractivity contribution in [3.8, 4) is 17.2 Å². The number of rotatable bonds is 10. The molecule has 206 valence electrons. The van der Waals surface area contributed by atoms with E-state index >= 15 is 0 Å². The van der Waals surface area contributed by atoms with Crippen LogP contribution in [0.1, 0.15) is 37.8 Å². The number of fused-ring (bicyclic) bond motifs is 1. The first-order valence-corrected chi connectivity index (χ1v) is 12.8. The maximum Gasteiger partial charge on any atom is 0.300 e. The predicted molar refractivity (Wildman–Crippen MR) is 145 cm³/mol. The Balaban J connectivity index is 0.000000934. The molecule has 2 aliphatic rings. The number of allylic oxidation sites excluding steroid dienone is 2. The zero-order valence-corrected chi connectivity index (χ0v) is 23.0. The Morgan fingerprint density at radius 3 is 2.24 bits per heavy atom. The first kappa shape index (κ1) is 28.9. The second kappa shape index (κ2) is 14.3. The number of nitrogens with zero attached hydrogens (tertiary/aromatic N) is 1. The number of ether oxygens (including phenoxy) is 5. The zero-order chi connectivity index (χ0) is 27.5. The van der Waals surface area contributed by atoms with Crippen molar-refractivity contribution in [1.82, 2.24) is 4.90 Å². The number of hydrogen-bond donors (Lipinski definition) is 1. The normalized spacial score (nSPS) is 16.9. The summed E-state index contributed by atoms with van der Waals surface area (Å²) >= 11 is 0. The largest absolute Gasteiger partial charge is 0.493 e. The van der Waals surface area contributed by atoms with E-state index in [1.807, 2.05) is 37.3 Å². The van der Waals surface area contributed by atoms with Crippen molar-refractivity contribution >= 4 is 5.97 Å². The number of benzene rings is 2. The van der Waals surface area contributed by atoms with Gasteiger partial charge in [0.05, 0.1) is 27.9 Å². The van der Waals surface area contributed by atoms with Gasteiger partial charge in [-0.3, -0.25) is 9.69 Å². The van der Waals surface area contributed by atoms with E-state index < -0.39 is 5.97 Å². The van der Waals surface area contributed by atoms with E-state index in [2.05, 4.69) is 23.1 Å². The van der Waals surface area contributed by atoms with Crippen molar-refractivity contribution in [2.75, 3.05) is 41.0 Å². The van der Waals surface area contributed by atoms with Crippen LogP contribution in [0.5, 0.6) is 17.2 Å². The molecule has 1 aliphatic carbocycles. The van der Waals surface area contributed by atoms with E-state index in [4.69, 9.17) is 33.6 Å². The lowest BCUT2D eigenvalue weighted by Crippen LogP contribution is -2.36. The monoisotopic (exact) mass is 525 g/mol. The van der Waals surface area contributed by atoms with Crippen LogP contribution in [0.2, 0.25) is 0 Å². The molecule has 0 spiro atoms. The SMILES string of the molecule is CC(=O)O.CCOC1=C(OCc2ccccc2)CC2CCN(Cc3cc(OC)c(OC)c(OC)c3)CC2=C1. The molecule has 1 saturated heterocycles. The summed E-state index contributed by atoms with van der Waals surface area (Å²) in [6.07, 6.45) is 4.19. The summed E-state index contributed by atoms with van der Waals surface area (Å²) in [6, 6.07) is 14.3. The molecule has 1 N–H and O–H groups in total. The van der Waals surface area contributed by atoms with Gasteiger partial charge in [-0.25, -0.2) is 0 Å². The van der Waals surface area contributed by atoms with Crippen molar-refractivity contribution in [2.45, 2.75) is 39.8 Å². The molecule has 1 unspecified atom stereocenters. The second-order valence-corrected chi connectivity index (χ2v) is 9.17. The molecule has 0 bridgehead atoms. The lowest BCUT2D eigenvalue weighted by atomic mass is 9.84. The van der Waals surface area contributed by atoms with Gasteiger partial charge in [-0.15, -0.1) is 0 Å². The summed E-state index contributed by atoms with van der Waals surface area (Å²) in [5, 5.41) is 7.42. The van der Waals surface area contributed by atoms with E-state index in [0.717, 1.165) is 56.5 Å². The molecule has 0 saturated carbocycles. The van der Waals surface area contributed by atoms with Crippen LogP contribution in [-0.4, -0.2) is 57.0 Å². The molecule has 0 amide bonds. The zero-order valence-electron chi connectivity index (χ0n) is 23.0. The van der Waals surface area contributed by atoms with Crippen LogP contribution in [0, 0.1) is 5.92 Å². The molecule has 2 aromatic carbocycles. The molecule has 8 nitrogen and oxygen atoms in total. The number of aliphatic carboxylic acids is 1. The van der Waals surface area contributed by atoms with Gasteiger partial charge in [-0.1, -0.05) is 30.3 Å². The van der Waals surface area contributed by atoms with Gasteiger partial charge in [0.25, 0.3) is 5.97 Å². The summed E-state index contributed by atoms with van der Waals surface area (Å²) in [5.41, 5.74) is 3.71. The predicted octanol–water partition coefficient (Wildman–Crippen LogP) is 5.42. The number of carboxylic acids is 1. The maximum absolute atomic E-state index is 9.00. The minimum Gasteiger partial charge on any atom is -0.493 e. The van der Waals surface area contributed by atoms with Gasteiger partial charge in [-0.05, 0) is 60.7 Å². The molecule has 1 heterocycles. The quantitative estimate of drug-likeness (QED) is 0.440. The number of piperidine rings is 1. The minimum atomic E-state index is -0.833. The Hall–Kier alpha value is -3.65. The van der Waals surface area contributed by atoms with Crippen molar-refractivity contribution in [3.05, 3.63) is 76.8 Å². The van der Waals surface area contributed by atoms with E-state index in [-0.39, 0.29) is 0 Å². The highest BCUT2D eigenvalue weighted by Crippen LogP contribution is 2.40. The standard InChI is InChI=1S/C28H35NO5.C2H4O2/c1-5-33-24-16-23-18-29(17-21-13-26(30-2)28(32-4)27(14-21)31-3)12-11-22(23)15-25(24)34-19-20-9-7-6-8-10-20;1-2(3)4/h6-10,13-14,16,22H,5,11-12,15,17-19H2,1-4H3;1H3,(H,3,4). The van der Waals surface area contributed by atoms with E-state index in [9.17, 15) is 0 Å². The van der Waals surface area contributed by atoms with Gasteiger partial charge in [-0.2, -0.15) is 0 Å². The molecular formula is C30H39NO7. The molecular weight excluding hydrogens is 486 g/mol. The lowest BCUT2D eigenvalue weighted by molar-refractivity contribution is -0.134. The van der Waals surface area contributed by atoms with Gasteiger partial charge in [0.2, 0.25) is 5.75 Å². The summed E-state index contributed by atoms with van der Waals surface area (Å²) in [6.45, 7) is 7.03. The fraction of sp³-hybridized carbons (Fsp3) is 0.433. The van der Waals surface area contributed by atoms with Crippen LogP contribution in [0.25, 0.3) is 0 Å². The molecule has 1 aliphatic heterocycles. The van der Waals surface area contributed by atoms with Gasteiger partial charge >= 0.3 is 0 Å². The first-order chi connectivity index (χ1) is 18.4. The molecule has 2 aromatic rings. The number of likely N-dealkylation sites (tertiary alicyclic amines) is 1. The Morgan fingerprint density at radius 2 is 1.66 bits per heavy atom. The first-order valence-electron chi connectivity index (χ1n) is 12.8. The number of carbonyl (C=O) groups is 1. The van der Waals surface area contributed by atoms with Gasteiger partial charge < -0.3 is 28.8 Å². The van der Waals surface area contributed by atoms with Crippen LogP contribution in [-0.2, 0) is 27.4 Å². The average Bonchev–Trinajstić information content (AvgIpc) is 2.91. The number of methoxy groups -OCH3 is 3. The third-order valence-electron chi connectivity index (χ3n) is 6.43. The average molecular weight is 526 g/mol. The van der Waals surface area contributed by atoms with Crippen LogP contribution >= 0.6 is 0 Å². The minimum absolute atomic E-state index is 0.492. The highest BCUT2D eigenvalue weighted by atomic mass is 16.5. The smallest absolute Gasteiger partial charge is 0.300 e. The van der Waals surface area contributed by atoms with Crippen LogP contribution < -0.4 is 14.2 Å². The fourth-order valence-corrected chi connectivity index (χ4v) is 4.73. The van der Waals surface area contributed by atoms with E-state index in [0.29, 0.717) is 36.4 Å². The van der Waals surface area contributed by atoms with Gasteiger partial charge in [0, 0.05) is 26.4 Å². The summed E-state index contributed by atoms with van der Waals surface area (Å²) in [5.74, 6) is 3.50. The van der Waals surface area contributed by atoms with Gasteiger partial charge in [0.15, 0.2) is 17.3 Å². The van der Waals surface area contributed by atoms with Crippen molar-refractivity contribution in [2.24, 2.45) is 5.92 Å². The maximum atomic E-state index is 9.00. The summed E-state index contributed by atoms with van der Waals surface area (Å²) < 4.78 is 28.7. The topological polar surface area (TPSA) is 86.7 Å². The second-order valence-electron chi connectivity index (χ2n) is 9.17. The number of hydrogen-bond acceptors (Lipinski definition) is 7. The Labute approximate surface area is 225 Å². The third kappa shape index (κ3) is 7.92. The molecule has 0 radical (unpaired) electrons. The molecule has 1 fully saturated rings. The van der Waals surface area contributed by atoms with Crippen molar-refractivity contribution < 1.29 is 33.6 Å².